The van der Waals surface area contributed by atoms with E-state index in [-0.39, 0.29) is 0 Å². The van der Waals surface area contributed by atoms with Gasteiger partial charge in [0.25, 0.3) is 0 Å². The van der Waals surface area contributed by atoms with Gasteiger partial charge < -0.3 is 14.8 Å². The van der Waals surface area contributed by atoms with E-state index in [9.17, 15) is 0 Å². The Hall–Kier alpha value is -1.46. The largest absolute Gasteiger partial charge is 0.493 e. The number of aromatic nitrogens is 1. The summed E-state index contributed by atoms with van der Waals surface area (Å²) in [6.07, 6.45) is 1.76. The molecule has 0 saturated carbocycles. The van der Waals surface area contributed by atoms with E-state index in [2.05, 4.69) is 26.2 Å². The summed E-state index contributed by atoms with van der Waals surface area (Å²) in [5.74, 6) is 1.23. The first kappa shape index (κ1) is 14.9. The van der Waals surface area contributed by atoms with E-state index in [1.165, 1.54) is 0 Å². The average molecular weight is 358 g/mol. The highest BCUT2D eigenvalue weighted by Crippen LogP contribution is 2.36. The lowest BCUT2D eigenvalue weighted by Crippen LogP contribution is -2.02. The molecular weight excluding hydrogens is 344 g/mol. The molecule has 0 amide bonds. The Kier molecular flexibility index (Phi) is 5.09. The maximum atomic E-state index is 6.20. The van der Waals surface area contributed by atoms with E-state index < -0.39 is 0 Å². The van der Waals surface area contributed by atoms with Crippen molar-refractivity contribution in [2.24, 2.45) is 0 Å². The van der Waals surface area contributed by atoms with Crippen LogP contribution in [-0.4, -0.2) is 19.2 Å². The van der Waals surface area contributed by atoms with Crippen molar-refractivity contribution in [3.8, 4) is 11.5 Å². The molecule has 1 aromatic heterocycles. The minimum atomic E-state index is 0.569. The number of hydrogen-bond acceptors (Lipinski definition) is 4. The summed E-state index contributed by atoms with van der Waals surface area (Å²) in [5, 5.41) is 3.80. The van der Waals surface area contributed by atoms with Crippen molar-refractivity contribution in [3.05, 3.63) is 45.7 Å². The van der Waals surface area contributed by atoms with Crippen LogP contribution in [0.25, 0.3) is 0 Å². The minimum absolute atomic E-state index is 0.569. The summed E-state index contributed by atoms with van der Waals surface area (Å²) in [4.78, 5) is 4.29. The van der Waals surface area contributed by atoms with E-state index in [0.29, 0.717) is 23.1 Å². The SMILES string of the molecule is COc1cc(Cl)c(NCc2ccc(Br)cn2)cc1OC. The van der Waals surface area contributed by atoms with Gasteiger partial charge in [0.05, 0.1) is 37.2 Å². The van der Waals surface area contributed by atoms with E-state index in [1.54, 1.807) is 32.5 Å². The third-order valence-electron chi connectivity index (χ3n) is 2.72. The Morgan fingerprint density at radius 3 is 2.50 bits per heavy atom. The van der Waals surface area contributed by atoms with E-state index in [4.69, 9.17) is 21.1 Å². The molecule has 2 rings (SSSR count). The summed E-state index contributed by atoms with van der Waals surface area (Å²) in [7, 11) is 3.17. The van der Waals surface area contributed by atoms with Gasteiger partial charge in [-0.2, -0.15) is 0 Å². The smallest absolute Gasteiger partial charge is 0.162 e. The molecule has 106 valence electrons. The third-order valence-corrected chi connectivity index (χ3v) is 3.50. The van der Waals surface area contributed by atoms with Gasteiger partial charge in [-0.15, -0.1) is 0 Å². The lowest BCUT2D eigenvalue weighted by Gasteiger charge is -2.13. The molecule has 1 heterocycles. The van der Waals surface area contributed by atoms with Crippen LogP contribution < -0.4 is 14.8 Å². The van der Waals surface area contributed by atoms with Crippen molar-refractivity contribution in [3.63, 3.8) is 0 Å². The highest BCUT2D eigenvalue weighted by atomic mass is 79.9. The molecule has 1 aromatic carbocycles. The summed E-state index contributed by atoms with van der Waals surface area (Å²) < 4.78 is 11.4. The number of anilines is 1. The van der Waals surface area contributed by atoms with Gasteiger partial charge in [-0.3, -0.25) is 4.98 Å². The van der Waals surface area contributed by atoms with Gasteiger partial charge in [0, 0.05) is 22.8 Å². The van der Waals surface area contributed by atoms with Crippen molar-refractivity contribution >= 4 is 33.2 Å². The van der Waals surface area contributed by atoms with Crippen molar-refractivity contribution in [1.29, 1.82) is 0 Å². The fourth-order valence-electron chi connectivity index (χ4n) is 1.69. The number of methoxy groups -OCH3 is 2. The molecule has 0 aliphatic heterocycles. The Labute approximate surface area is 131 Å². The zero-order valence-corrected chi connectivity index (χ0v) is 13.5. The van der Waals surface area contributed by atoms with Gasteiger partial charge in [0.15, 0.2) is 11.5 Å². The lowest BCUT2D eigenvalue weighted by atomic mass is 10.2. The van der Waals surface area contributed by atoms with Gasteiger partial charge in [-0.1, -0.05) is 11.6 Å². The molecule has 0 saturated heterocycles. The summed E-state index contributed by atoms with van der Waals surface area (Å²) >= 11 is 9.56. The van der Waals surface area contributed by atoms with Gasteiger partial charge >= 0.3 is 0 Å². The van der Waals surface area contributed by atoms with Crippen molar-refractivity contribution < 1.29 is 9.47 Å². The molecule has 0 aliphatic carbocycles. The molecule has 0 atom stereocenters. The lowest BCUT2D eigenvalue weighted by molar-refractivity contribution is 0.355. The summed E-state index contributed by atoms with van der Waals surface area (Å²) in [6.45, 7) is 0.572. The summed E-state index contributed by atoms with van der Waals surface area (Å²) in [5.41, 5.74) is 1.69. The molecule has 0 aliphatic rings. The number of nitrogens with zero attached hydrogens (tertiary/aromatic N) is 1. The second-order valence-electron chi connectivity index (χ2n) is 4.01. The maximum Gasteiger partial charge on any atom is 0.162 e. The molecule has 0 radical (unpaired) electrons. The van der Waals surface area contributed by atoms with Crippen molar-refractivity contribution in [2.45, 2.75) is 6.54 Å². The second kappa shape index (κ2) is 6.81. The van der Waals surface area contributed by atoms with Crippen molar-refractivity contribution in [2.75, 3.05) is 19.5 Å². The number of benzene rings is 1. The molecule has 0 bridgehead atoms. The van der Waals surface area contributed by atoms with Gasteiger partial charge in [0.1, 0.15) is 0 Å². The molecule has 0 unspecified atom stereocenters. The van der Waals surface area contributed by atoms with Crippen LogP contribution in [0.15, 0.2) is 34.9 Å². The highest BCUT2D eigenvalue weighted by Gasteiger charge is 2.09. The predicted molar refractivity (Wildman–Crippen MR) is 83.8 cm³/mol. The standard InChI is InChI=1S/C14H14BrClN2O2/c1-19-13-5-11(16)12(6-14(13)20-2)18-8-10-4-3-9(15)7-17-10/h3-7,18H,8H2,1-2H3. The molecule has 6 heteroatoms. The number of nitrogens with one attached hydrogen (secondary N) is 1. The Morgan fingerprint density at radius 2 is 1.90 bits per heavy atom. The minimum Gasteiger partial charge on any atom is -0.493 e. The molecule has 4 nitrogen and oxygen atoms in total. The maximum absolute atomic E-state index is 6.20. The zero-order chi connectivity index (χ0) is 14.5. The second-order valence-corrected chi connectivity index (χ2v) is 5.33. The first-order valence-electron chi connectivity index (χ1n) is 5.90. The van der Waals surface area contributed by atoms with Crippen LogP contribution in [0.4, 0.5) is 5.69 Å². The molecule has 1 N–H and O–H groups in total. The normalized spacial score (nSPS) is 10.2. The van der Waals surface area contributed by atoms with Crippen LogP contribution in [0.5, 0.6) is 11.5 Å². The monoisotopic (exact) mass is 356 g/mol. The van der Waals surface area contributed by atoms with E-state index in [1.807, 2.05) is 12.1 Å². The fourth-order valence-corrected chi connectivity index (χ4v) is 2.14. The van der Waals surface area contributed by atoms with Crippen LogP contribution in [0.1, 0.15) is 5.69 Å². The van der Waals surface area contributed by atoms with Crippen LogP contribution >= 0.6 is 27.5 Å². The molecular formula is C14H14BrClN2O2. The quantitative estimate of drug-likeness (QED) is 0.874. The topological polar surface area (TPSA) is 43.4 Å². The number of halogens is 2. The predicted octanol–water partition coefficient (Wildman–Crippen LogP) is 4.13. The molecule has 20 heavy (non-hydrogen) atoms. The zero-order valence-electron chi connectivity index (χ0n) is 11.1. The molecule has 2 aromatic rings. The van der Waals surface area contributed by atoms with Crippen molar-refractivity contribution in [1.82, 2.24) is 4.98 Å². The first-order chi connectivity index (χ1) is 9.63. The third kappa shape index (κ3) is 3.55. The van der Waals surface area contributed by atoms with E-state index >= 15 is 0 Å². The van der Waals surface area contributed by atoms with Gasteiger partial charge in [-0.25, -0.2) is 0 Å². The van der Waals surface area contributed by atoms with Crippen LogP contribution in [-0.2, 0) is 6.54 Å². The molecule has 0 fully saturated rings. The van der Waals surface area contributed by atoms with E-state index in [0.717, 1.165) is 15.9 Å². The van der Waals surface area contributed by atoms with Gasteiger partial charge in [0.2, 0.25) is 0 Å². The summed E-state index contributed by atoms with van der Waals surface area (Å²) in [6, 6.07) is 7.41. The number of pyridine rings is 1. The number of rotatable bonds is 5. The Bertz CT molecular complexity index is 590. The van der Waals surface area contributed by atoms with Crippen LogP contribution in [0.2, 0.25) is 5.02 Å². The van der Waals surface area contributed by atoms with Crippen LogP contribution in [0.3, 0.4) is 0 Å². The highest BCUT2D eigenvalue weighted by molar-refractivity contribution is 9.10. The number of ether oxygens (including phenoxy) is 2. The fraction of sp³-hybridized carbons (Fsp3) is 0.214. The number of hydrogen-bond donors (Lipinski definition) is 1. The molecule has 0 spiro atoms. The average Bonchev–Trinajstić information content (AvgIpc) is 2.47. The van der Waals surface area contributed by atoms with Crippen LogP contribution in [0, 0.1) is 0 Å². The first-order valence-corrected chi connectivity index (χ1v) is 7.07. The Balaban J connectivity index is 2.14. The van der Waals surface area contributed by atoms with Gasteiger partial charge in [-0.05, 0) is 28.1 Å². The Morgan fingerprint density at radius 1 is 1.20 bits per heavy atom.